The molecule has 10 bridgehead atoms. The van der Waals surface area contributed by atoms with Crippen LogP contribution in [0.3, 0.4) is 0 Å². The van der Waals surface area contributed by atoms with Gasteiger partial charge in [0.05, 0.1) is 30.7 Å². The second kappa shape index (κ2) is 20.4. The predicted octanol–water partition coefficient (Wildman–Crippen LogP) is 6.92. The molecule has 12 nitrogen and oxygen atoms in total. The number of aliphatic hydroxyl groups excluding tert-OH is 3. The Bertz CT molecular complexity index is 2620. The van der Waals surface area contributed by atoms with Gasteiger partial charge in [0.1, 0.15) is 29.0 Å². The highest BCUT2D eigenvalue weighted by Crippen LogP contribution is 2.55. The summed E-state index contributed by atoms with van der Waals surface area (Å²) in [6, 6.07) is 15.2. The molecule has 3 heterocycles. The van der Waals surface area contributed by atoms with Crippen molar-refractivity contribution < 1.29 is 49.4 Å². The van der Waals surface area contributed by atoms with Crippen LogP contribution < -0.4 is 15.4 Å². The van der Waals surface area contributed by atoms with Crippen molar-refractivity contribution in [2.75, 3.05) is 25.5 Å². The van der Waals surface area contributed by atoms with Gasteiger partial charge in [-0.15, -0.1) is 0 Å². The van der Waals surface area contributed by atoms with Crippen molar-refractivity contribution in [3.8, 4) is 23.3 Å². The fraction of sp³-hybridized carbons (Fsp3) is 0.491. The molecule has 364 valence electrons. The van der Waals surface area contributed by atoms with Crippen molar-refractivity contribution in [2.24, 2.45) is 23.7 Å². The summed E-state index contributed by atoms with van der Waals surface area (Å²) in [6.45, 7) is 4.16. The number of hydrogen-bond donors (Lipinski definition) is 7. The molecule has 3 aliphatic heterocycles. The number of fused-ring (bicyclic) bond motifs is 7. The quantitative estimate of drug-likeness (QED) is 0.0666. The number of allylic oxidation sites excluding steroid dienone is 4. The molecule has 7 N–H and O–H groups in total. The van der Waals surface area contributed by atoms with Gasteiger partial charge in [-0.1, -0.05) is 79.8 Å². The zero-order valence-electron chi connectivity index (χ0n) is 39.8. The number of phenols is 1. The number of carbonyl (C=O) groups excluding carboxylic acids is 3. The molecular formula is C57H66N2O10. The van der Waals surface area contributed by atoms with Crippen LogP contribution in [-0.2, 0) is 38.4 Å². The van der Waals surface area contributed by atoms with Gasteiger partial charge < -0.3 is 45.6 Å². The molecule has 0 amide bonds. The second-order valence-electron chi connectivity index (χ2n) is 20.4. The van der Waals surface area contributed by atoms with E-state index in [1.807, 2.05) is 73.7 Å². The van der Waals surface area contributed by atoms with Gasteiger partial charge in [-0.05, 0) is 122 Å². The minimum atomic E-state index is -1.64. The Labute approximate surface area is 404 Å². The highest BCUT2D eigenvalue weighted by atomic mass is 16.6. The summed E-state index contributed by atoms with van der Waals surface area (Å²) in [5.74, 6) is 2.76. The number of ketones is 1. The Hall–Kier alpha value is -5.55. The van der Waals surface area contributed by atoms with Crippen molar-refractivity contribution in [1.82, 2.24) is 5.32 Å². The zero-order chi connectivity index (χ0) is 48.6. The molecule has 2 fully saturated rings. The highest BCUT2D eigenvalue weighted by molar-refractivity contribution is 5.89. The van der Waals surface area contributed by atoms with E-state index in [1.165, 1.54) is 6.08 Å². The Kier molecular flexibility index (Phi) is 14.3. The molecule has 0 radical (unpaired) electrons. The van der Waals surface area contributed by atoms with Gasteiger partial charge in [-0.25, -0.2) is 4.79 Å². The van der Waals surface area contributed by atoms with Gasteiger partial charge in [0.25, 0.3) is 0 Å². The third-order valence-electron chi connectivity index (χ3n) is 15.8. The molecular weight excluding hydrogens is 873 g/mol. The monoisotopic (exact) mass is 938 g/mol. The van der Waals surface area contributed by atoms with Crippen LogP contribution in [0.25, 0.3) is 0 Å². The topological polar surface area (TPSA) is 195 Å². The SMILES string of the molecule is CCC1CCC2C3Cc4cccc(c4)CC(O)C=C4CC(c5cc(NCC(C)O)cc(C(O)CNC)c5)C#CC5CC(=O)Oc6c5cc(c(O)c6C5C=CC=CC5)CC(OC4=O)C1(O)C2CCC3=O. The van der Waals surface area contributed by atoms with Crippen molar-refractivity contribution in [3.63, 3.8) is 0 Å². The number of nitrogens with one attached hydrogen (secondary N) is 2. The van der Waals surface area contributed by atoms with E-state index in [1.54, 1.807) is 20.0 Å². The lowest BCUT2D eigenvalue weighted by Crippen LogP contribution is -2.63. The maximum atomic E-state index is 15.5. The average Bonchev–Trinajstić information content (AvgIpc) is 3.33. The molecule has 6 aliphatic rings. The number of likely N-dealkylation sites (N-methyl/N-ethyl adjacent to an activating group) is 1. The van der Waals surface area contributed by atoms with Crippen molar-refractivity contribution in [2.45, 2.75) is 132 Å². The average molecular weight is 939 g/mol. The van der Waals surface area contributed by atoms with Crippen molar-refractivity contribution >= 4 is 23.4 Å². The number of carbonyl (C=O) groups is 3. The van der Waals surface area contributed by atoms with E-state index < -0.39 is 59.7 Å². The number of Topliss-reactive ketones (excluding diaryl/α,β-unsaturated/α-hetero) is 1. The summed E-state index contributed by atoms with van der Waals surface area (Å²) in [7, 11) is 1.74. The number of esters is 2. The van der Waals surface area contributed by atoms with Gasteiger partial charge in [-0.2, -0.15) is 0 Å². The number of aromatic hydroxyl groups is 1. The number of benzene rings is 3. The number of hydrogen-bond acceptors (Lipinski definition) is 12. The van der Waals surface area contributed by atoms with Crippen LogP contribution in [0.5, 0.6) is 11.5 Å². The summed E-state index contributed by atoms with van der Waals surface area (Å²) in [6.07, 6.45) is 8.81. The predicted molar refractivity (Wildman–Crippen MR) is 262 cm³/mol. The van der Waals surface area contributed by atoms with E-state index in [2.05, 4.69) is 22.5 Å². The van der Waals surface area contributed by atoms with E-state index in [0.29, 0.717) is 65.6 Å². The second-order valence-corrected chi connectivity index (χ2v) is 20.4. The molecule has 3 aromatic rings. The molecule has 69 heavy (non-hydrogen) atoms. The normalized spacial score (nSPS) is 30.6. The third-order valence-corrected chi connectivity index (χ3v) is 15.8. The molecule has 12 unspecified atom stereocenters. The Morgan fingerprint density at radius 2 is 1.71 bits per heavy atom. The lowest BCUT2D eigenvalue weighted by atomic mass is 9.53. The Balaban J connectivity index is 1.29. The van der Waals surface area contributed by atoms with Crippen molar-refractivity contribution in [1.29, 1.82) is 0 Å². The van der Waals surface area contributed by atoms with Crippen LogP contribution in [0.4, 0.5) is 5.69 Å². The van der Waals surface area contributed by atoms with E-state index in [9.17, 15) is 35.1 Å². The lowest BCUT2D eigenvalue weighted by molar-refractivity contribution is -0.212. The molecule has 9 rings (SSSR count). The number of rotatable bonds is 9. The summed E-state index contributed by atoms with van der Waals surface area (Å²) in [5, 5.41) is 66.4. The summed E-state index contributed by atoms with van der Waals surface area (Å²) in [5.41, 5.74) is 3.52. The van der Waals surface area contributed by atoms with E-state index in [-0.39, 0.29) is 91.7 Å². The number of ether oxygens (including phenoxy) is 2. The van der Waals surface area contributed by atoms with Gasteiger partial charge in [0.2, 0.25) is 0 Å². The molecule has 0 saturated heterocycles. The van der Waals surface area contributed by atoms with Crippen LogP contribution in [-0.4, -0.2) is 87.3 Å². The largest absolute Gasteiger partial charge is 0.507 e. The van der Waals surface area contributed by atoms with Gasteiger partial charge in [-0.3, -0.25) is 9.59 Å². The smallest absolute Gasteiger partial charge is 0.334 e. The number of anilines is 1. The number of phenolic OH excluding ortho intramolecular Hbond substituents is 1. The Morgan fingerprint density at radius 1 is 0.913 bits per heavy atom. The van der Waals surface area contributed by atoms with Gasteiger partial charge in [0, 0.05) is 72.5 Å². The molecule has 3 aromatic carbocycles. The fourth-order valence-corrected chi connectivity index (χ4v) is 12.4. The number of aliphatic hydroxyl groups is 4. The minimum absolute atomic E-state index is 0.0629. The van der Waals surface area contributed by atoms with E-state index >= 15 is 4.79 Å². The highest BCUT2D eigenvalue weighted by Gasteiger charge is 2.59. The summed E-state index contributed by atoms with van der Waals surface area (Å²) < 4.78 is 12.9. The van der Waals surface area contributed by atoms with Gasteiger partial charge in [0.15, 0.2) is 0 Å². The van der Waals surface area contributed by atoms with E-state index in [0.717, 1.165) is 17.5 Å². The maximum Gasteiger partial charge on any atom is 0.334 e. The third kappa shape index (κ3) is 9.95. The van der Waals surface area contributed by atoms with Crippen LogP contribution in [0.2, 0.25) is 0 Å². The lowest BCUT2D eigenvalue weighted by Gasteiger charge is -2.56. The summed E-state index contributed by atoms with van der Waals surface area (Å²) in [4.78, 5) is 43.2. The van der Waals surface area contributed by atoms with Crippen LogP contribution in [0, 0.1) is 35.5 Å². The first-order valence-corrected chi connectivity index (χ1v) is 25.0. The first-order valence-electron chi connectivity index (χ1n) is 25.0. The molecule has 0 aromatic heterocycles. The Morgan fingerprint density at radius 3 is 2.46 bits per heavy atom. The van der Waals surface area contributed by atoms with Crippen LogP contribution in [0.1, 0.15) is 128 Å². The van der Waals surface area contributed by atoms with Crippen LogP contribution in [0.15, 0.2) is 84.5 Å². The molecule has 2 saturated carbocycles. The van der Waals surface area contributed by atoms with Gasteiger partial charge >= 0.3 is 11.9 Å². The van der Waals surface area contributed by atoms with Crippen molar-refractivity contribution in [3.05, 3.63) is 123 Å². The first kappa shape index (κ1) is 48.5. The molecule has 12 heteroatoms. The van der Waals surface area contributed by atoms with E-state index in [4.69, 9.17) is 9.47 Å². The maximum absolute atomic E-state index is 15.5. The summed E-state index contributed by atoms with van der Waals surface area (Å²) >= 11 is 0. The minimum Gasteiger partial charge on any atom is -0.507 e. The molecule has 0 spiro atoms. The molecule has 12 atom stereocenters. The van der Waals surface area contributed by atoms with Crippen LogP contribution >= 0.6 is 0 Å². The fourth-order valence-electron chi connectivity index (χ4n) is 12.4. The standard InChI is InChI=1S/C57H66N2O10/c1-4-42-15-16-45-47-21-34-10-8-9-33(19-34)20-44(61)26-41-22-36(38-23-39(50(63)31-58-3)25-43(24-38)59-30-32(2)60)13-14-37-29-52(64)69-55-46(37)27-40(54(65)53(55)35-11-6-5-7-12-35)28-51(68-56(41)66)57(42,67)48(45)17-18-49(47)62/h5-11,19,23-27,32,35-37,42,44-45,47-48,50-51,58-61,63,65,67H,4,12,15-18,20-22,28-31H2,1-3H3. The zero-order valence-corrected chi connectivity index (χ0v) is 39.8. The molecule has 3 aliphatic carbocycles. The first-order chi connectivity index (χ1) is 33.2.